The second-order valence-electron chi connectivity index (χ2n) is 4.75. The van der Waals surface area contributed by atoms with Crippen LogP contribution >= 0.6 is 0 Å². The van der Waals surface area contributed by atoms with E-state index in [-0.39, 0.29) is 0 Å². The second-order valence-corrected chi connectivity index (χ2v) is 4.75. The Morgan fingerprint density at radius 1 is 1.18 bits per heavy atom. The number of benzene rings is 1. The van der Waals surface area contributed by atoms with Crippen molar-refractivity contribution in [2.24, 2.45) is 7.05 Å². The molecule has 0 bridgehead atoms. The van der Waals surface area contributed by atoms with Crippen LogP contribution in [0, 0.1) is 6.92 Å². The van der Waals surface area contributed by atoms with E-state index in [1.165, 1.54) is 0 Å². The second kappa shape index (κ2) is 6.21. The van der Waals surface area contributed by atoms with Crippen LogP contribution < -0.4 is 10.1 Å². The van der Waals surface area contributed by atoms with Gasteiger partial charge in [-0.2, -0.15) is 10.1 Å². The predicted molar refractivity (Wildman–Crippen MR) is 81.6 cm³/mol. The molecule has 0 unspecified atom stereocenters. The fraction of sp³-hybridized carbons (Fsp3) is 0.200. The molecule has 2 heterocycles. The van der Waals surface area contributed by atoms with Crippen molar-refractivity contribution in [1.82, 2.24) is 24.7 Å². The summed E-state index contributed by atoms with van der Waals surface area (Å²) in [6, 6.07) is 7.77. The minimum atomic E-state index is 0.475. The minimum absolute atomic E-state index is 0.475. The van der Waals surface area contributed by atoms with Gasteiger partial charge in [0, 0.05) is 26.0 Å². The first-order valence-electron chi connectivity index (χ1n) is 6.85. The van der Waals surface area contributed by atoms with Crippen LogP contribution in [-0.2, 0) is 13.6 Å². The average Bonchev–Trinajstić information content (AvgIpc) is 2.85. The van der Waals surface area contributed by atoms with Gasteiger partial charge in [-0.15, -0.1) is 0 Å². The summed E-state index contributed by atoms with van der Waals surface area (Å²) in [6.07, 6.45) is 4.78. The van der Waals surface area contributed by atoms with Gasteiger partial charge in [0.25, 0.3) is 0 Å². The molecule has 3 aromatic rings. The van der Waals surface area contributed by atoms with Gasteiger partial charge in [-0.3, -0.25) is 4.98 Å². The van der Waals surface area contributed by atoms with Crippen molar-refractivity contribution in [2.45, 2.75) is 13.5 Å². The monoisotopic (exact) mass is 296 g/mol. The Hall–Kier alpha value is -2.96. The van der Waals surface area contributed by atoms with Gasteiger partial charge < -0.3 is 10.1 Å². The van der Waals surface area contributed by atoms with Gasteiger partial charge in [0.05, 0.1) is 6.20 Å². The molecule has 1 N–H and O–H groups in total. The molecule has 22 heavy (non-hydrogen) atoms. The SMILES string of the molecule is Cc1nc(NCc2ccc(Oc3cnccn3)cc2)n(C)n1. The summed E-state index contributed by atoms with van der Waals surface area (Å²) in [7, 11) is 1.86. The Morgan fingerprint density at radius 2 is 2.00 bits per heavy atom. The fourth-order valence-electron chi connectivity index (χ4n) is 1.98. The van der Waals surface area contributed by atoms with E-state index in [2.05, 4.69) is 25.4 Å². The van der Waals surface area contributed by atoms with Crippen LogP contribution in [0.2, 0.25) is 0 Å². The van der Waals surface area contributed by atoms with Gasteiger partial charge in [-0.05, 0) is 24.6 Å². The molecule has 7 heteroatoms. The number of nitrogens with one attached hydrogen (secondary N) is 1. The molecule has 0 aliphatic heterocycles. The summed E-state index contributed by atoms with van der Waals surface area (Å²) in [6.45, 7) is 2.53. The number of rotatable bonds is 5. The largest absolute Gasteiger partial charge is 0.438 e. The molecule has 0 atom stereocenters. The summed E-state index contributed by atoms with van der Waals surface area (Å²) in [5.41, 5.74) is 1.12. The lowest BCUT2D eigenvalue weighted by atomic mass is 10.2. The molecular weight excluding hydrogens is 280 g/mol. The summed E-state index contributed by atoms with van der Waals surface area (Å²) >= 11 is 0. The van der Waals surface area contributed by atoms with Crippen LogP contribution in [0.4, 0.5) is 5.95 Å². The highest BCUT2D eigenvalue weighted by molar-refractivity contribution is 5.33. The first-order valence-corrected chi connectivity index (χ1v) is 6.85. The first kappa shape index (κ1) is 14.0. The van der Waals surface area contributed by atoms with Gasteiger partial charge in [-0.1, -0.05) is 12.1 Å². The van der Waals surface area contributed by atoms with E-state index in [9.17, 15) is 0 Å². The van der Waals surface area contributed by atoms with Gasteiger partial charge in [-0.25, -0.2) is 9.67 Å². The average molecular weight is 296 g/mol. The van der Waals surface area contributed by atoms with E-state index in [1.54, 1.807) is 23.3 Å². The van der Waals surface area contributed by atoms with Crippen LogP contribution in [0.1, 0.15) is 11.4 Å². The van der Waals surface area contributed by atoms with Crippen molar-refractivity contribution in [3.8, 4) is 11.6 Å². The predicted octanol–water partition coefficient (Wildman–Crippen LogP) is 2.32. The lowest BCUT2D eigenvalue weighted by Gasteiger charge is -2.07. The lowest BCUT2D eigenvalue weighted by molar-refractivity contribution is 0.460. The number of nitrogens with zero attached hydrogens (tertiary/aromatic N) is 5. The zero-order valence-corrected chi connectivity index (χ0v) is 12.4. The molecule has 0 aliphatic carbocycles. The minimum Gasteiger partial charge on any atom is -0.438 e. The third kappa shape index (κ3) is 3.38. The third-order valence-corrected chi connectivity index (χ3v) is 3.00. The smallest absolute Gasteiger partial charge is 0.237 e. The Balaban J connectivity index is 1.61. The molecule has 3 rings (SSSR count). The van der Waals surface area contributed by atoms with Crippen molar-refractivity contribution >= 4 is 5.95 Å². The zero-order valence-electron chi connectivity index (χ0n) is 12.4. The maximum Gasteiger partial charge on any atom is 0.237 e. The molecule has 0 spiro atoms. The normalized spacial score (nSPS) is 10.5. The van der Waals surface area contributed by atoms with E-state index >= 15 is 0 Å². The molecule has 0 fully saturated rings. The van der Waals surface area contributed by atoms with Crippen molar-refractivity contribution < 1.29 is 4.74 Å². The van der Waals surface area contributed by atoms with Crippen molar-refractivity contribution in [1.29, 1.82) is 0 Å². The van der Waals surface area contributed by atoms with Crippen molar-refractivity contribution in [2.75, 3.05) is 5.32 Å². The van der Waals surface area contributed by atoms with Crippen molar-refractivity contribution in [3.63, 3.8) is 0 Å². The van der Waals surface area contributed by atoms with Crippen molar-refractivity contribution in [3.05, 3.63) is 54.2 Å². The van der Waals surface area contributed by atoms with Gasteiger partial charge in [0.2, 0.25) is 11.8 Å². The molecule has 0 saturated carbocycles. The van der Waals surface area contributed by atoms with Crippen LogP contribution in [0.3, 0.4) is 0 Å². The summed E-state index contributed by atoms with van der Waals surface area (Å²) in [5, 5.41) is 7.44. The fourth-order valence-corrected chi connectivity index (χ4v) is 1.98. The highest BCUT2D eigenvalue weighted by atomic mass is 16.5. The van der Waals surface area contributed by atoms with E-state index < -0.39 is 0 Å². The van der Waals surface area contributed by atoms with E-state index in [1.807, 2.05) is 38.2 Å². The maximum atomic E-state index is 5.60. The first-order chi connectivity index (χ1) is 10.7. The van der Waals surface area contributed by atoms with Gasteiger partial charge in [0.15, 0.2) is 0 Å². The maximum absolute atomic E-state index is 5.60. The molecule has 0 radical (unpaired) electrons. The number of aromatic nitrogens is 5. The molecule has 0 amide bonds. The summed E-state index contributed by atoms with van der Waals surface area (Å²) < 4.78 is 7.32. The topological polar surface area (TPSA) is 77.8 Å². The van der Waals surface area contributed by atoms with Crippen LogP contribution in [-0.4, -0.2) is 24.7 Å². The molecule has 2 aromatic heterocycles. The number of hydrogen-bond donors (Lipinski definition) is 1. The molecule has 7 nitrogen and oxygen atoms in total. The summed E-state index contributed by atoms with van der Waals surface area (Å²) in [4.78, 5) is 12.3. The number of ether oxygens (including phenoxy) is 1. The zero-order chi connectivity index (χ0) is 15.4. The van der Waals surface area contributed by atoms with Gasteiger partial charge >= 0.3 is 0 Å². The van der Waals surface area contributed by atoms with Gasteiger partial charge in [0.1, 0.15) is 11.6 Å². The van der Waals surface area contributed by atoms with Crippen LogP contribution in [0.5, 0.6) is 11.6 Å². The Bertz CT molecular complexity index is 738. The molecule has 1 aromatic carbocycles. The Morgan fingerprint density at radius 3 is 2.64 bits per heavy atom. The number of aryl methyl sites for hydroxylation is 2. The standard InChI is InChI=1S/C15H16N6O/c1-11-19-15(21(2)20-11)18-9-12-3-5-13(6-4-12)22-14-10-16-7-8-17-14/h3-8,10H,9H2,1-2H3,(H,18,19,20). The van der Waals surface area contributed by atoms with E-state index in [0.717, 1.165) is 23.1 Å². The van der Waals surface area contributed by atoms with E-state index in [4.69, 9.17) is 4.74 Å². The highest BCUT2D eigenvalue weighted by Gasteiger charge is 2.03. The van der Waals surface area contributed by atoms with Crippen LogP contribution in [0.25, 0.3) is 0 Å². The Kier molecular flexibility index (Phi) is 3.95. The number of hydrogen-bond acceptors (Lipinski definition) is 6. The van der Waals surface area contributed by atoms with E-state index in [0.29, 0.717) is 12.4 Å². The molecule has 112 valence electrons. The summed E-state index contributed by atoms with van der Waals surface area (Å²) in [5.74, 6) is 2.69. The quantitative estimate of drug-likeness (QED) is 0.778. The highest BCUT2D eigenvalue weighted by Crippen LogP contribution is 2.19. The van der Waals surface area contributed by atoms with Crippen LogP contribution in [0.15, 0.2) is 42.9 Å². The number of anilines is 1. The third-order valence-electron chi connectivity index (χ3n) is 3.00. The Labute approximate surface area is 128 Å². The molecular formula is C15H16N6O. The molecule has 0 saturated heterocycles. The lowest BCUT2D eigenvalue weighted by Crippen LogP contribution is -2.05. The molecule has 0 aliphatic rings.